The molecule has 0 heterocycles. The minimum absolute atomic E-state index is 0.0670. The summed E-state index contributed by atoms with van der Waals surface area (Å²) in [5.41, 5.74) is 0. The van der Waals surface area contributed by atoms with Crippen LogP contribution < -0.4 is 0 Å². The van der Waals surface area contributed by atoms with Crippen LogP contribution in [0.5, 0.6) is 0 Å². The molecule has 94 valence electrons. The van der Waals surface area contributed by atoms with Crippen LogP contribution >= 0.6 is 0 Å². The van der Waals surface area contributed by atoms with Gasteiger partial charge >= 0.3 is 5.97 Å². The molecule has 0 aromatic carbocycles. The predicted octanol–water partition coefficient (Wildman–Crippen LogP) is 3.13. The van der Waals surface area contributed by atoms with Gasteiger partial charge in [-0.05, 0) is 32.1 Å². The summed E-state index contributed by atoms with van der Waals surface area (Å²) in [5, 5.41) is 17.9. The van der Waals surface area contributed by atoms with Crippen molar-refractivity contribution in [3.8, 4) is 0 Å². The number of rotatable bonds is 10. The van der Waals surface area contributed by atoms with Crippen molar-refractivity contribution in [3.63, 3.8) is 0 Å². The van der Waals surface area contributed by atoms with E-state index in [1.807, 2.05) is 0 Å². The molecular formula is C13H24O3. The standard InChI is InChI=1S/C13H24O3/c1-2-3-4-5-6-7-8-9-12(14)10-11-13(15)16/h4-5,12,14H,2-3,6-11H2,1H3,(H,15,16)/b5-4-. The molecule has 1 unspecified atom stereocenters. The number of aliphatic carboxylic acids is 1. The molecule has 0 amide bonds. The average Bonchev–Trinajstić information content (AvgIpc) is 2.25. The second-order valence-corrected chi connectivity index (χ2v) is 4.13. The van der Waals surface area contributed by atoms with Gasteiger partial charge in [-0.15, -0.1) is 0 Å². The van der Waals surface area contributed by atoms with Crippen LogP contribution in [0.1, 0.15) is 58.3 Å². The molecule has 3 nitrogen and oxygen atoms in total. The van der Waals surface area contributed by atoms with E-state index in [4.69, 9.17) is 5.11 Å². The number of allylic oxidation sites excluding steroid dienone is 2. The molecule has 16 heavy (non-hydrogen) atoms. The fourth-order valence-corrected chi connectivity index (χ4v) is 1.48. The van der Waals surface area contributed by atoms with Crippen LogP contribution in [0.15, 0.2) is 12.2 Å². The summed E-state index contributed by atoms with van der Waals surface area (Å²) in [6.45, 7) is 2.16. The summed E-state index contributed by atoms with van der Waals surface area (Å²) in [6, 6.07) is 0. The largest absolute Gasteiger partial charge is 0.481 e. The minimum atomic E-state index is -0.832. The molecule has 0 radical (unpaired) electrons. The Morgan fingerprint density at radius 3 is 2.50 bits per heavy atom. The summed E-state index contributed by atoms with van der Waals surface area (Å²) >= 11 is 0. The monoisotopic (exact) mass is 228 g/mol. The Labute approximate surface area is 98.2 Å². The molecule has 1 atom stereocenters. The molecule has 0 aliphatic heterocycles. The van der Waals surface area contributed by atoms with Gasteiger partial charge in [-0.25, -0.2) is 0 Å². The Hall–Kier alpha value is -0.830. The molecule has 0 aliphatic rings. The molecular weight excluding hydrogens is 204 g/mol. The van der Waals surface area contributed by atoms with Crippen molar-refractivity contribution in [3.05, 3.63) is 12.2 Å². The molecule has 2 N–H and O–H groups in total. The SMILES string of the molecule is CCC/C=C\CCCCC(O)CCC(=O)O. The molecule has 3 heteroatoms. The normalized spacial score (nSPS) is 13.1. The second-order valence-electron chi connectivity index (χ2n) is 4.13. The molecule has 0 aromatic rings. The van der Waals surface area contributed by atoms with Crippen molar-refractivity contribution < 1.29 is 15.0 Å². The van der Waals surface area contributed by atoms with Gasteiger partial charge in [-0.2, -0.15) is 0 Å². The number of unbranched alkanes of at least 4 members (excludes halogenated alkanes) is 3. The van der Waals surface area contributed by atoms with E-state index in [0.29, 0.717) is 6.42 Å². The van der Waals surface area contributed by atoms with Crippen LogP contribution in [0, 0.1) is 0 Å². The first-order valence-corrected chi connectivity index (χ1v) is 6.21. The fourth-order valence-electron chi connectivity index (χ4n) is 1.48. The lowest BCUT2D eigenvalue weighted by atomic mass is 10.1. The summed E-state index contributed by atoms with van der Waals surface area (Å²) in [7, 11) is 0. The number of carboxylic acids is 1. The fraction of sp³-hybridized carbons (Fsp3) is 0.769. The molecule has 0 fully saturated rings. The third-order valence-corrected chi connectivity index (χ3v) is 2.47. The van der Waals surface area contributed by atoms with E-state index in [-0.39, 0.29) is 6.42 Å². The van der Waals surface area contributed by atoms with E-state index in [0.717, 1.165) is 32.1 Å². The predicted molar refractivity (Wildman–Crippen MR) is 65.4 cm³/mol. The highest BCUT2D eigenvalue weighted by atomic mass is 16.4. The van der Waals surface area contributed by atoms with E-state index in [1.54, 1.807) is 0 Å². The molecule has 0 saturated heterocycles. The second kappa shape index (κ2) is 10.7. The van der Waals surface area contributed by atoms with Crippen molar-refractivity contribution in [2.45, 2.75) is 64.4 Å². The van der Waals surface area contributed by atoms with E-state index >= 15 is 0 Å². The van der Waals surface area contributed by atoms with E-state index in [9.17, 15) is 9.90 Å². The van der Waals surface area contributed by atoms with Gasteiger partial charge in [0, 0.05) is 6.42 Å². The van der Waals surface area contributed by atoms with Gasteiger partial charge in [0.25, 0.3) is 0 Å². The van der Waals surface area contributed by atoms with Gasteiger partial charge in [0.15, 0.2) is 0 Å². The van der Waals surface area contributed by atoms with Crippen molar-refractivity contribution in [2.24, 2.45) is 0 Å². The zero-order chi connectivity index (χ0) is 12.2. The first-order valence-electron chi connectivity index (χ1n) is 6.21. The van der Waals surface area contributed by atoms with Crippen LogP contribution in [0.25, 0.3) is 0 Å². The molecule has 0 aliphatic carbocycles. The van der Waals surface area contributed by atoms with Crippen LogP contribution in [0.4, 0.5) is 0 Å². The van der Waals surface area contributed by atoms with Crippen LogP contribution in [-0.2, 0) is 4.79 Å². The van der Waals surface area contributed by atoms with Crippen molar-refractivity contribution in [2.75, 3.05) is 0 Å². The average molecular weight is 228 g/mol. The molecule has 0 spiro atoms. The Kier molecular flexibility index (Phi) is 10.1. The summed E-state index contributed by atoms with van der Waals surface area (Å²) < 4.78 is 0. The lowest BCUT2D eigenvalue weighted by Crippen LogP contribution is -2.09. The third-order valence-electron chi connectivity index (χ3n) is 2.47. The lowest BCUT2D eigenvalue weighted by Gasteiger charge is -2.07. The molecule has 0 rings (SSSR count). The minimum Gasteiger partial charge on any atom is -0.481 e. The maximum Gasteiger partial charge on any atom is 0.303 e. The van der Waals surface area contributed by atoms with Gasteiger partial charge in [-0.3, -0.25) is 4.79 Å². The number of aliphatic hydroxyl groups excluding tert-OH is 1. The summed E-state index contributed by atoms with van der Waals surface area (Å²) in [6.07, 6.45) is 10.5. The zero-order valence-corrected chi connectivity index (χ0v) is 10.2. The van der Waals surface area contributed by atoms with Crippen LogP contribution in [0.3, 0.4) is 0 Å². The number of hydrogen-bond donors (Lipinski definition) is 2. The molecule has 0 bridgehead atoms. The lowest BCUT2D eigenvalue weighted by molar-refractivity contribution is -0.137. The zero-order valence-electron chi connectivity index (χ0n) is 10.2. The summed E-state index contributed by atoms with van der Waals surface area (Å²) in [5.74, 6) is -0.832. The van der Waals surface area contributed by atoms with Gasteiger partial charge < -0.3 is 10.2 Å². The van der Waals surface area contributed by atoms with Gasteiger partial charge in [0.05, 0.1) is 6.10 Å². The highest BCUT2D eigenvalue weighted by Crippen LogP contribution is 2.09. The first-order chi connectivity index (χ1) is 7.66. The van der Waals surface area contributed by atoms with Crippen molar-refractivity contribution in [1.82, 2.24) is 0 Å². The van der Waals surface area contributed by atoms with E-state index in [1.165, 1.54) is 6.42 Å². The van der Waals surface area contributed by atoms with Crippen molar-refractivity contribution in [1.29, 1.82) is 0 Å². The Morgan fingerprint density at radius 2 is 1.88 bits per heavy atom. The highest BCUT2D eigenvalue weighted by Gasteiger charge is 2.06. The van der Waals surface area contributed by atoms with Crippen LogP contribution in [0.2, 0.25) is 0 Å². The first kappa shape index (κ1) is 15.2. The highest BCUT2D eigenvalue weighted by molar-refractivity contribution is 5.66. The van der Waals surface area contributed by atoms with E-state index < -0.39 is 12.1 Å². The smallest absolute Gasteiger partial charge is 0.303 e. The topological polar surface area (TPSA) is 57.5 Å². The summed E-state index contributed by atoms with van der Waals surface area (Å²) in [4.78, 5) is 10.3. The van der Waals surface area contributed by atoms with Gasteiger partial charge in [0.2, 0.25) is 0 Å². The van der Waals surface area contributed by atoms with Gasteiger partial charge in [0.1, 0.15) is 0 Å². The Balaban J connectivity index is 3.27. The molecule has 0 saturated carbocycles. The Morgan fingerprint density at radius 1 is 1.19 bits per heavy atom. The third kappa shape index (κ3) is 11.2. The number of aliphatic hydroxyl groups is 1. The quantitative estimate of drug-likeness (QED) is 0.446. The van der Waals surface area contributed by atoms with Crippen LogP contribution in [-0.4, -0.2) is 22.3 Å². The van der Waals surface area contributed by atoms with Crippen molar-refractivity contribution >= 4 is 5.97 Å². The maximum absolute atomic E-state index is 10.3. The maximum atomic E-state index is 10.3. The van der Waals surface area contributed by atoms with E-state index in [2.05, 4.69) is 19.1 Å². The number of hydrogen-bond acceptors (Lipinski definition) is 2. The number of carboxylic acid groups (broad SMARTS) is 1. The number of carbonyl (C=O) groups is 1. The van der Waals surface area contributed by atoms with Gasteiger partial charge in [-0.1, -0.05) is 31.9 Å². The Bertz CT molecular complexity index is 199. The molecule has 0 aromatic heterocycles.